The van der Waals surface area contributed by atoms with Crippen LogP contribution in [0, 0.1) is 0 Å². The lowest BCUT2D eigenvalue weighted by molar-refractivity contribution is -0.135. The van der Waals surface area contributed by atoms with Gasteiger partial charge in [0.05, 0.1) is 6.54 Å². The molecular formula is C13H18N2O3. The second-order valence-corrected chi connectivity index (χ2v) is 4.31. The number of nitrogens with one attached hydrogen (secondary N) is 1. The van der Waals surface area contributed by atoms with E-state index in [1.807, 2.05) is 32.0 Å². The van der Waals surface area contributed by atoms with Gasteiger partial charge in [0.25, 0.3) is 0 Å². The minimum atomic E-state index is -0.962. The molecule has 0 aliphatic heterocycles. The number of carbonyl (C=O) groups excluding carboxylic acids is 1. The predicted molar refractivity (Wildman–Crippen MR) is 69.6 cm³/mol. The van der Waals surface area contributed by atoms with Crippen molar-refractivity contribution in [2.75, 3.05) is 18.0 Å². The van der Waals surface area contributed by atoms with Crippen LogP contribution in [-0.4, -0.2) is 36.1 Å². The number of anilines is 1. The molecule has 18 heavy (non-hydrogen) atoms. The summed E-state index contributed by atoms with van der Waals surface area (Å²) in [7, 11) is 0. The largest absolute Gasteiger partial charge is 0.480 e. The summed E-state index contributed by atoms with van der Waals surface area (Å²) >= 11 is 0. The number of rotatable bonds is 6. The van der Waals surface area contributed by atoms with Crippen molar-refractivity contribution in [3.8, 4) is 0 Å². The van der Waals surface area contributed by atoms with Gasteiger partial charge in [-0.1, -0.05) is 18.2 Å². The fourth-order valence-electron chi connectivity index (χ4n) is 1.58. The molecule has 0 saturated heterocycles. The molecule has 0 spiro atoms. The molecule has 5 nitrogen and oxygen atoms in total. The first kappa shape index (κ1) is 14.0. The molecule has 2 N–H and O–H groups in total. The van der Waals surface area contributed by atoms with Crippen LogP contribution in [0.4, 0.5) is 5.69 Å². The van der Waals surface area contributed by atoms with E-state index in [1.165, 1.54) is 4.90 Å². The number of amides is 1. The van der Waals surface area contributed by atoms with Gasteiger partial charge in [0.1, 0.15) is 6.54 Å². The maximum atomic E-state index is 11.7. The van der Waals surface area contributed by atoms with Crippen LogP contribution in [0.1, 0.15) is 13.8 Å². The van der Waals surface area contributed by atoms with E-state index in [0.717, 1.165) is 5.69 Å². The topological polar surface area (TPSA) is 69.6 Å². The van der Waals surface area contributed by atoms with Gasteiger partial charge in [-0.25, -0.2) is 0 Å². The van der Waals surface area contributed by atoms with Crippen LogP contribution in [0.3, 0.4) is 0 Å². The molecule has 1 amide bonds. The van der Waals surface area contributed by atoms with Crippen molar-refractivity contribution in [2.24, 2.45) is 0 Å². The Balaban J connectivity index is 2.73. The van der Waals surface area contributed by atoms with E-state index in [9.17, 15) is 9.59 Å². The van der Waals surface area contributed by atoms with E-state index < -0.39 is 5.97 Å². The first-order valence-corrected chi connectivity index (χ1v) is 5.80. The summed E-state index contributed by atoms with van der Waals surface area (Å²) in [5.41, 5.74) is 0.721. The minimum absolute atomic E-state index is 0.0362. The zero-order valence-corrected chi connectivity index (χ0v) is 10.6. The number of aliphatic carboxylic acids is 1. The number of hydrogen-bond donors (Lipinski definition) is 2. The lowest BCUT2D eigenvalue weighted by Gasteiger charge is -2.22. The number of nitrogens with zero attached hydrogens (tertiary/aromatic N) is 1. The highest BCUT2D eigenvalue weighted by atomic mass is 16.4. The summed E-state index contributed by atoms with van der Waals surface area (Å²) in [4.78, 5) is 24.0. The molecule has 0 aromatic heterocycles. The maximum Gasteiger partial charge on any atom is 0.323 e. The van der Waals surface area contributed by atoms with E-state index >= 15 is 0 Å². The summed E-state index contributed by atoms with van der Waals surface area (Å²) in [6.45, 7) is 3.56. The molecule has 0 saturated carbocycles. The second-order valence-electron chi connectivity index (χ2n) is 4.31. The van der Waals surface area contributed by atoms with Crippen LogP contribution in [0.25, 0.3) is 0 Å². The molecule has 5 heteroatoms. The number of hydrogen-bond acceptors (Lipinski definition) is 3. The molecule has 0 aliphatic carbocycles. The standard InChI is InChI=1S/C13H18N2O3/c1-10(2)14-12(16)8-15(9-13(17)18)11-6-4-3-5-7-11/h3-7,10H,8-9H2,1-2H3,(H,14,16)(H,17,18). The quantitative estimate of drug-likeness (QED) is 0.793. The van der Waals surface area contributed by atoms with Gasteiger partial charge >= 0.3 is 5.97 Å². The normalized spacial score (nSPS) is 10.2. The monoisotopic (exact) mass is 250 g/mol. The Morgan fingerprint density at radius 2 is 1.83 bits per heavy atom. The van der Waals surface area contributed by atoms with Gasteiger partial charge in [0, 0.05) is 11.7 Å². The lowest BCUT2D eigenvalue weighted by Crippen LogP contribution is -2.42. The second kappa shape index (κ2) is 6.64. The summed E-state index contributed by atoms with van der Waals surface area (Å²) in [6, 6.07) is 9.07. The van der Waals surface area contributed by atoms with Crippen LogP contribution in [-0.2, 0) is 9.59 Å². The Morgan fingerprint density at radius 3 is 2.33 bits per heavy atom. The minimum Gasteiger partial charge on any atom is -0.480 e. The van der Waals surface area contributed by atoms with Crippen LogP contribution < -0.4 is 10.2 Å². The van der Waals surface area contributed by atoms with E-state index in [1.54, 1.807) is 12.1 Å². The maximum absolute atomic E-state index is 11.7. The zero-order valence-electron chi connectivity index (χ0n) is 10.6. The zero-order chi connectivity index (χ0) is 13.5. The first-order chi connectivity index (χ1) is 8.49. The number of carbonyl (C=O) groups is 2. The SMILES string of the molecule is CC(C)NC(=O)CN(CC(=O)O)c1ccccc1. The van der Waals surface area contributed by atoms with Crippen molar-refractivity contribution < 1.29 is 14.7 Å². The summed E-state index contributed by atoms with van der Waals surface area (Å²) in [5, 5.41) is 11.6. The summed E-state index contributed by atoms with van der Waals surface area (Å²) < 4.78 is 0. The first-order valence-electron chi connectivity index (χ1n) is 5.80. The predicted octanol–water partition coefficient (Wildman–Crippen LogP) is 1.10. The fraction of sp³-hybridized carbons (Fsp3) is 0.385. The number of para-hydroxylation sites is 1. The van der Waals surface area contributed by atoms with Gasteiger partial charge in [0.15, 0.2) is 0 Å². The van der Waals surface area contributed by atoms with Crippen molar-refractivity contribution in [2.45, 2.75) is 19.9 Å². The van der Waals surface area contributed by atoms with Gasteiger partial charge in [-0.3, -0.25) is 9.59 Å². The Bertz CT molecular complexity index is 404. The Hall–Kier alpha value is -2.04. The highest BCUT2D eigenvalue weighted by molar-refractivity contribution is 5.84. The van der Waals surface area contributed by atoms with Crippen molar-refractivity contribution >= 4 is 17.6 Å². The third-order valence-electron chi connectivity index (χ3n) is 2.23. The van der Waals surface area contributed by atoms with Crippen LogP contribution in [0.5, 0.6) is 0 Å². The lowest BCUT2D eigenvalue weighted by atomic mass is 10.2. The molecule has 0 fully saturated rings. The van der Waals surface area contributed by atoms with Gasteiger partial charge in [0.2, 0.25) is 5.91 Å². The molecule has 1 rings (SSSR count). The fourth-order valence-corrected chi connectivity index (χ4v) is 1.58. The van der Waals surface area contributed by atoms with Gasteiger partial charge in [-0.05, 0) is 26.0 Å². The van der Waals surface area contributed by atoms with Crippen LogP contribution in [0.15, 0.2) is 30.3 Å². The van der Waals surface area contributed by atoms with Crippen LogP contribution in [0.2, 0.25) is 0 Å². The van der Waals surface area contributed by atoms with Crippen molar-refractivity contribution in [1.82, 2.24) is 5.32 Å². The van der Waals surface area contributed by atoms with Gasteiger partial charge in [-0.2, -0.15) is 0 Å². The third-order valence-corrected chi connectivity index (χ3v) is 2.23. The molecule has 0 unspecified atom stereocenters. The number of carboxylic acid groups (broad SMARTS) is 1. The molecule has 0 atom stereocenters. The molecule has 0 aliphatic rings. The number of benzene rings is 1. The molecule has 0 bridgehead atoms. The van der Waals surface area contributed by atoms with E-state index in [2.05, 4.69) is 5.32 Å². The van der Waals surface area contributed by atoms with E-state index in [4.69, 9.17) is 5.11 Å². The Kier molecular flexibility index (Phi) is 5.17. The smallest absolute Gasteiger partial charge is 0.323 e. The van der Waals surface area contributed by atoms with E-state index in [0.29, 0.717) is 0 Å². The molecule has 0 heterocycles. The molecule has 0 radical (unpaired) electrons. The highest BCUT2D eigenvalue weighted by Crippen LogP contribution is 2.12. The summed E-state index contributed by atoms with van der Waals surface area (Å²) in [5.74, 6) is -1.15. The average Bonchev–Trinajstić information content (AvgIpc) is 2.27. The third kappa shape index (κ3) is 4.86. The molecule has 1 aromatic carbocycles. The number of carboxylic acids is 1. The van der Waals surface area contributed by atoms with Crippen molar-refractivity contribution in [3.63, 3.8) is 0 Å². The Labute approximate surface area is 106 Å². The molecule has 98 valence electrons. The van der Waals surface area contributed by atoms with E-state index in [-0.39, 0.29) is 25.0 Å². The van der Waals surface area contributed by atoms with Gasteiger partial charge < -0.3 is 15.3 Å². The van der Waals surface area contributed by atoms with Crippen molar-refractivity contribution in [3.05, 3.63) is 30.3 Å². The average molecular weight is 250 g/mol. The summed E-state index contributed by atoms with van der Waals surface area (Å²) in [6.07, 6.45) is 0. The highest BCUT2D eigenvalue weighted by Gasteiger charge is 2.14. The molecule has 1 aromatic rings. The Morgan fingerprint density at radius 1 is 1.22 bits per heavy atom. The van der Waals surface area contributed by atoms with Gasteiger partial charge in [-0.15, -0.1) is 0 Å². The van der Waals surface area contributed by atoms with Crippen molar-refractivity contribution in [1.29, 1.82) is 0 Å². The van der Waals surface area contributed by atoms with Crippen LogP contribution >= 0.6 is 0 Å². The molecular weight excluding hydrogens is 232 g/mol.